The topological polar surface area (TPSA) is 60.9 Å². The summed E-state index contributed by atoms with van der Waals surface area (Å²) in [4.78, 5) is 27.9. The molecule has 2 fully saturated rings. The molecule has 1 saturated carbocycles. The zero-order chi connectivity index (χ0) is 17.1. The Balaban J connectivity index is 1.45. The third-order valence-corrected chi connectivity index (χ3v) is 4.74. The highest BCUT2D eigenvalue weighted by Crippen LogP contribution is 2.30. The van der Waals surface area contributed by atoms with E-state index in [1.165, 1.54) is 18.2 Å². The molecule has 6 heteroatoms. The average Bonchev–Trinajstić information content (AvgIpc) is 3.40. The predicted molar refractivity (Wildman–Crippen MR) is 86.7 cm³/mol. The lowest BCUT2D eigenvalue weighted by Gasteiger charge is -2.34. The normalized spacial score (nSPS) is 20.0. The molecule has 5 nitrogen and oxygen atoms in total. The number of benzene rings is 1. The molecule has 130 valence electrons. The maximum atomic E-state index is 13.2. The fourth-order valence-corrected chi connectivity index (χ4v) is 3.04. The summed E-state index contributed by atoms with van der Waals surface area (Å²) in [6, 6.07) is 5.69. The number of rotatable bonds is 6. The van der Waals surface area contributed by atoms with Crippen molar-refractivity contribution in [2.24, 2.45) is 5.92 Å². The third-order valence-electron chi connectivity index (χ3n) is 4.74. The van der Waals surface area contributed by atoms with Gasteiger partial charge < -0.3 is 10.0 Å². The molecule has 0 bridgehead atoms. The molecular formula is C18H23FN2O3. The monoisotopic (exact) mass is 334 g/mol. The fraction of sp³-hybridized carbons (Fsp3) is 0.556. The quantitative estimate of drug-likeness (QED) is 0.854. The Morgan fingerprint density at radius 2 is 1.92 bits per heavy atom. The molecule has 1 aliphatic carbocycles. The van der Waals surface area contributed by atoms with Crippen LogP contribution in [0.25, 0.3) is 0 Å². The van der Waals surface area contributed by atoms with E-state index in [1.54, 1.807) is 11.0 Å². The van der Waals surface area contributed by atoms with Crippen LogP contribution in [0.15, 0.2) is 24.3 Å². The first-order valence-electron chi connectivity index (χ1n) is 8.49. The summed E-state index contributed by atoms with van der Waals surface area (Å²) in [6.45, 7) is 2.97. The van der Waals surface area contributed by atoms with E-state index in [0.29, 0.717) is 44.1 Å². The van der Waals surface area contributed by atoms with E-state index in [1.807, 2.05) is 0 Å². The first-order chi connectivity index (χ1) is 11.5. The maximum Gasteiger partial charge on any atom is 0.225 e. The van der Waals surface area contributed by atoms with Crippen molar-refractivity contribution in [1.29, 1.82) is 0 Å². The summed E-state index contributed by atoms with van der Waals surface area (Å²) in [5, 5.41) is 10.1. The van der Waals surface area contributed by atoms with Crippen LogP contribution in [-0.4, -0.2) is 59.3 Å². The number of carbonyl (C=O) groups is 2. The second-order valence-corrected chi connectivity index (χ2v) is 6.67. The summed E-state index contributed by atoms with van der Waals surface area (Å²) >= 11 is 0. The highest BCUT2D eigenvalue weighted by molar-refractivity contribution is 5.85. The lowest BCUT2D eigenvalue weighted by molar-refractivity contribution is -0.135. The number of hydrogen-bond donors (Lipinski definition) is 1. The molecule has 24 heavy (non-hydrogen) atoms. The van der Waals surface area contributed by atoms with Crippen molar-refractivity contribution >= 4 is 11.7 Å². The van der Waals surface area contributed by atoms with Crippen LogP contribution in [0.1, 0.15) is 30.9 Å². The number of aliphatic hydroxyl groups is 1. The Labute approximate surface area is 141 Å². The zero-order valence-corrected chi connectivity index (χ0v) is 13.7. The number of piperazine rings is 1. The summed E-state index contributed by atoms with van der Waals surface area (Å²) in [7, 11) is 0. The number of aliphatic hydroxyl groups excluding tert-OH is 1. The van der Waals surface area contributed by atoms with Gasteiger partial charge in [-0.05, 0) is 30.5 Å². The highest BCUT2D eigenvalue weighted by Gasteiger charge is 2.31. The van der Waals surface area contributed by atoms with E-state index in [9.17, 15) is 19.1 Å². The van der Waals surface area contributed by atoms with Crippen molar-refractivity contribution in [2.45, 2.75) is 25.4 Å². The van der Waals surface area contributed by atoms with Gasteiger partial charge in [0.25, 0.3) is 0 Å². The van der Waals surface area contributed by atoms with Crippen LogP contribution in [0.2, 0.25) is 0 Å². The van der Waals surface area contributed by atoms with E-state index >= 15 is 0 Å². The van der Waals surface area contributed by atoms with Gasteiger partial charge in [-0.1, -0.05) is 12.1 Å². The maximum absolute atomic E-state index is 13.2. The minimum Gasteiger partial charge on any atom is -0.388 e. The second kappa shape index (κ2) is 7.40. The van der Waals surface area contributed by atoms with E-state index in [-0.39, 0.29) is 18.2 Å². The van der Waals surface area contributed by atoms with E-state index in [2.05, 4.69) is 4.90 Å². The summed E-state index contributed by atoms with van der Waals surface area (Å²) in [6.07, 6.45) is 0.997. The lowest BCUT2D eigenvalue weighted by Crippen LogP contribution is -2.50. The Hall–Kier alpha value is -1.79. The molecule has 0 radical (unpaired) electrons. The molecule has 2 aliphatic rings. The molecule has 1 atom stereocenters. The molecule has 3 rings (SSSR count). The number of ketones is 1. The number of amides is 1. The van der Waals surface area contributed by atoms with Crippen LogP contribution in [0.4, 0.5) is 4.39 Å². The Morgan fingerprint density at radius 3 is 2.54 bits per heavy atom. The summed E-state index contributed by atoms with van der Waals surface area (Å²) < 4.78 is 13.2. The van der Waals surface area contributed by atoms with Crippen molar-refractivity contribution in [2.75, 3.05) is 32.7 Å². The molecule has 0 aromatic heterocycles. The van der Waals surface area contributed by atoms with Gasteiger partial charge in [-0.3, -0.25) is 14.5 Å². The summed E-state index contributed by atoms with van der Waals surface area (Å²) in [5.41, 5.74) is 0.414. The van der Waals surface area contributed by atoms with E-state index in [4.69, 9.17) is 0 Å². The molecule has 1 amide bonds. The van der Waals surface area contributed by atoms with Gasteiger partial charge in [-0.15, -0.1) is 0 Å². The smallest absolute Gasteiger partial charge is 0.225 e. The predicted octanol–water partition coefficient (Wildman–Crippen LogP) is 1.37. The van der Waals surface area contributed by atoms with Crippen molar-refractivity contribution in [1.82, 2.24) is 9.80 Å². The molecule has 1 aromatic carbocycles. The molecule has 1 aliphatic heterocycles. The SMILES string of the molecule is O=C(CN1CCN(C(=O)CC(O)c2cccc(F)c2)CC1)C1CC1. The van der Waals surface area contributed by atoms with Gasteiger partial charge in [0, 0.05) is 32.1 Å². The number of Topliss-reactive ketones (excluding diaryl/α,β-unsaturated/α-hetero) is 1. The van der Waals surface area contributed by atoms with E-state index in [0.717, 1.165) is 12.8 Å². The second-order valence-electron chi connectivity index (χ2n) is 6.67. The number of halogens is 1. The van der Waals surface area contributed by atoms with Crippen LogP contribution in [-0.2, 0) is 9.59 Å². The fourth-order valence-electron chi connectivity index (χ4n) is 3.04. The van der Waals surface area contributed by atoms with Crippen LogP contribution in [0, 0.1) is 11.7 Å². The average molecular weight is 334 g/mol. The van der Waals surface area contributed by atoms with E-state index < -0.39 is 11.9 Å². The van der Waals surface area contributed by atoms with Crippen LogP contribution in [0.5, 0.6) is 0 Å². The molecule has 1 N–H and O–H groups in total. The van der Waals surface area contributed by atoms with Gasteiger partial charge in [0.1, 0.15) is 11.6 Å². The molecule has 1 aromatic rings. The van der Waals surface area contributed by atoms with Crippen LogP contribution >= 0.6 is 0 Å². The molecule has 1 heterocycles. The number of hydrogen-bond acceptors (Lipinski definition) is 4. The minimum atomic E-state index is -0.998. The Morgan fingerprint density at radius 1 is 1.21 bits per heavy atom. The van der Waals surface area contributed by atoms with Gasteiger partial charge in [-0.25, -0.2) is 4.39 Å². The Kier molecular flexibility index (Phi) is 5.26. The molecular weight excluding hydrogens is 311 g/mol. The number of carbonyl (C=O) groups excluding carboxylic acids is 2. The van der Waals surface area contributed by atoms with Crippen molar-refractivity contribution in [3.63, 3.8) is 0 Å². The molecule has 1 unspecified atom stereocenters. The van der Waals surface area contributed by atoms with Crippen LogP contribution < -0.4 is 0 Å². The Bertz CT molecular complexity index is 610. The minimum absolute atomic E-state index is 0.0511. The van der Waals surface area contributed by atoms with Gasteiger partial charge in [0.05, 0.1) is 19.1 Å². The van der Waals surface area contributed by atoms with Crippen molar-refractivity contribution in [3.8, 4) is 0 Å². The largest absolute Gasteiger partial charge is 0.388 e. The molecule has 1 saturated heterocycles. The first kappa shape index (κ1) is 17.0. The first-order valence-corrected chi connectivity index (χ1v) is 8.49. The van der Waals surface area contributed by atoms with Crippen molar-refractivity contribution in [3.05, 3.63) is 35.6 Å². The third kappa shape index (κ3) is 4.39. The number of nitrogens with zero attached hydrogens (tertiary/aromatic N) is 2. The van der Waals surface area contributed by atoms with Gasteiger partial charge in [0.15, 0.2) is 0 Å². The van der Waals surface area contributed by atoms with Crippen LogP contribution in [0.3, 0.4) is 0 Å². The van der Waals surface area contributed by atoms with Gasteiger partial charge >= 0.3 is 0 Å². The summed E-state index contributed by atoms with van der Waals surface area (Å²) in [5.74, 6) is 0.0234. The zero-order valence-electron chi connectivity index (χ0n) is 13.7. The van der Waals surface area contributed by atoms with Gasteiger partial charge in [-0.2, -0.15) is 0 Å². The van der Waals surface area contributed by atoms with Gasteiger partial charge in [0.2, 0.25) is 5.91 Å². The highest BCUT2D eigenvalue weighted by atomic mass is 19.1. The van der Waals surface area contributed by atoms with Crippen molar-refractivity contribution < 1.29 is 19.1 Å². The lowest BCUT2D eigenvalue weighted by atomic mass is 10.1. The standard InChI is InChI=1S/C18H23FN2O3/c19-15-3-1-2-14(10-15)16(22)11-18(24)21-8-6-20(7-9-21)12-17(23)13-4-5-13/h1-3,10,13,16,22H,4-9,11-12H2. The molecule has 0 spiro atoms.